The van der Waals surface area contributed by atoms with E-state index in [4.69, 9.17) is 0 Å². The summed E-state index contributed by atoms with van der Waals surface area (Å²) in [4.78, 5) is 33.5. The van der Waals surface area contributed by atoms with E-state index in [9.17, 15) is 9.59 Å². The van der Waals surface area contributed by atoms with Crippen LogP contribution < -0.4 is 10.6 Å². The molecule has 0 aliphatic carbocycles. The standard InChI is InChI=1S/C18H14N4O2S3/c1-10(23)19-18-22-13-5-4-11(7-15(13)27-18)20-16(24)8-12-9-26-17(21-12)14-3-2-6-25-14/h2-7,9H,8H2,1H3,(H,20,24)(H,19,22,23). The summed E-state index contributed by atoms with van der Waals surface area (Å²) >= 11 is 4.55. The Morgan fingerprint density at radius 1 is 1.11 bits per heavy atom. The van der Waals surface area contributed by atoms with Gasteiger partial charge in [0.05, 0.1) is 27.2 Å². The smallest absolute Gasteiger partial charge is 0.230 e. The van der Waals surface area contributed by atoms with Crippen molar-refractivity contribution in [3.8, 4) is 9.88 Å². The third kappa shape index (κ3) is 4.21. The fourth-order valence-electron chi connectivity index (χ4n) is 2.48. The molecule has 3 heterocycles. The average Bonchev–Trinajstić information content (AvgIpc) is 3.33. The number of fused-ring (bicyclic) bond motifs is 1. The Balaban J connectivity index is 1.44. The summed E-state index contributed by atoms with van der Waals surface area (Å²) in [5.41, 5.74) is 2.23. The van der Waals surface area contributed by atoms with Crippen molar-refractivity contribution in [2.45, 2.75) is 13.3 Å². The quantitative estimate of drug-likeness (QED) is 0.499. The van der Waals surface area contributed by atoms with Gasteiger partial charge < -0.3 is 10.6 Å². The third-order valence-corrected chi connectivity index (χ3v) is 6.44. The topological polar surface area (TPSA) is 84.0 Å². The summed E-state index contributed by atoms with van der Waals surface area (Å²) in [7, 11) is 0. The number of amides is 2. The molecule has 0 unspecified atom stereocenters. The summed E-state index contributed by atoms with van der Waals surface area (Å²) in [6.07, 6.45) is 0.222. The van der Waals surface area contributed by atoms with Crippen molar-refractivity contribution in [3.05, 3.63) is 46.8 Å². The van der Waals surface area contributed by atoms with Gasteiger partial charge in [0.15, 0.2) is 5.13 Å². The predicted molar refractivity (Wildman–Crippen MR) is 112 cm³/mol. The Morgan fingerprint density at radius 3 is 2.78 bits per heavy atom. The number of carbonyl (C=O) groups is 2. The molecule has 6 nitrogen and oxygen atoms in total. The van der Waals surface area contributed by atoms with E-state index in [1.165, 1.54) is 18.3 Å². The molecular weight excluding hydrogens is 400 g/mol. The normalized spacial score (nSPS) is 10.9. The summed E-state index contributed by atoms with van der Waals surface area (Å²) in [6, 6.07) is 9.49. The Kier molecular flexibility index (Phi) is 4.97. The van der Waals surface area contributed by atoms with Crippen LogP contribution in [0.1, 0.15) is 12.6 Å². The highest BCUT2D eigenvalue weighted by Crippen LogP contribution is 2.29. The van der Waals surface area contributed by atoms with Crippen LogP contribution in [0.15, 0.2) is 41.1 Å². The maximum absolute atomic E-state index is 12.4. The van der Waals surface area contributed by atoms with Gasteiger partial charge in [-0.3, -0.25) is 9.59 Å². The number of hydrogen-bond donors (Lipinski definition) is 2. The Bertz CT molecular complexity index is 1120. The van der Waals surface area contributed by atoms with Crippen LogP contribution in [0, 0.1) is 0 Å². The summed E-state index contributed by atoms with van der Waals surface area (Å²) in [6.45, 7) is 1.44. The van der Waals surface area contributed by atoms with E-state index in [1.54, 1.807) is 28.7 Å². The van der Waals surface area contributed by atoms with Gasteiger partial charge in [0.2, 0.25) is 11.8 Å². The van der Waals surface area contributed by atoms with Gasteiger partial charge >= 0.3 is 0 Å². The number of aromatic nitrogens is 2. The molecule has 2 amide bonds. The zero-order valence-electron chi connectivity index (χ0n) is 14.2. The molecule has 3 aromatic heterocycles. The first-order chi connectivity index (χ1) is 13.1. The SMILES string of the molecule is CC(=O)Nc1nc2ccc(NC(=O)Cc3csc(-c4cccs4)n3)cc2s1. The molecule has 4 aromatic rings. The van der Waals surface area contributed by atoms with Crippen LogP contribution in [-0.2, 0) is 16.0 Å². The maximum Gasteiger partial charge on any atom is 0.230 e. The Morgan fingerprint density at radius 2 is 2.00 bits per heavy atom. The molecule has 0 atom stereocenters. The number of thiazole rings is 2. The number of benzene rings is 1. The lowest BCUT2D eigenvalue weighted by Gasteiger charge is -2.03. The molecule has 136 valence electrons. The largest absolute Gasteiger partial charge is 0.326 e. The Hall–Kier alpha value is -2.62. The van der Waals surface area contributed by atoms with E-state index < -0.39 is 0 Å². The van der Waals surface area contributed by atoms with Gasteiger partial charge in [-0.05, 0) is 29.6 Å². The maximum atomic E-state index is 12.4. The van der Waals surface area contributed by atoms with Crippen LogP contribution in [0.3, 0.4) is 0 Å². The molecule has 2 N–H and O–H groups in total. The van der Waals surface area contributed by atoms with Gasteiger partial charge in [0.1, 0.15) is 5.01 Å². The van der Waals surface area contributed by atoms with Crippen LogP contribution >= 0.6 is 34.0 Å². The number of rotatable bonds is 5. The second-order valence-corrected chi connectivity index (χ2v) is 8.57. The second-order valence-electron chi connectivity index (χ2n) is 5.73. The third-order valence-electron chi connectivity index (χ3n) is 3.58. The monoisotopic (exact) mass is 414 g/mol. The van der Waals surface area contributed by atoms with Crippen molar-refractivity contribution in [2.24, 2.45) is 0 Å². The lowest BCUT2D eigenvalue weighted by molar-refractivity contribution is -0.116. The minimum absolute atomic E-state index is 0.121. The molecule has 1 aromatic carbocycles. The molecule has 0 saturated heterocycles. The molecule has 0 bridgehead atoms. The van der Waals surface area contributed by atoms with Gasteiger partial charge in [-0.25, -0.2) is 9.97 Å². The van der Waals surface area contributed by atoms with Crippen LogP contribution in [0.4, 0.5) is 10.8 Å². The highest BCUT2D eigenvalue weighted by atomic mass is 32.1. The number of anilines is 2. The minimum Gasteiger partial charge on any atom is -0.326 e. The molecule has 9 heteroatoms. The number of thiophene rings is 1. The van der Waals surface area contributed by atoms with Crippen molar-refractivity contribution < 1.29 is 9.59 Å². The number of nitrogens with one attached hydrogen (secondary N) is 2. The van der Waals surface area contributed by atoms with E-state index in [-0.39, 0.29) is 18.2 Å². The van der Waals surface area contributed by atoms with Gasteiger partial charge in [-0.2, -0.15) is 0 Å². The lowest BCUT2D eigenvalue weighted by Crippen LogP contribution is -2.14. The highest BCUT2D eigenvalue weighted by molar-refractivity contribution is 7.22. The van der Waals surface area contributed by atoms with Gasteiger partial charge in [-0.15, -0.1) is 22.7 Å². The summed E-state index contributed by atoms with van der Waals surface area (Å²) in [5, 5.41) is 11.0. The lowest BCUT2D eigenvalue weighted by atomic mass is 10.2. The highest BCUT2D eigenvalue weighted by Gasteiger charge is 2.11. The molecular formula is C18H14N4O2S3. The molecule has 0 fully saturated rings. The van der Waals surface area contributed by atoms with Crippen molar-refractivity contribution in [2.75, 3.05) is 10.6 Å². The first kappa shape index (κ1) is 17.8. The van der Waals surface area contributed by atoms with Crippen LogP contribution in [0.5, 0.6) is 0 Å². The van der Waals surface area contributed by atoms with Gasteiger partial charge in [0, 0.05) is 18.0 Å². The number of hydrogen-bond acceptors (Lipinski definition) is 7. The molecule has 4 rings (SSSR count). The number of nitrogens with zero attached hydrogens (tertiary/aromatic N) is 2. The van der Waals surface area contributed by atoms with Crippen molar-refractivity contribution >= 4 is 66.9 Å². The number of carbonyl (C=O) groups excluding carboxylic acids is 2. The minimum atomic E-state index is -0.159. The van der Waals surface area contributed by atoms with Crippen LogP contribution in [0.2, 0.25) is 0 Å². The van der Waals surface area contributed by atoms with E-state index in [1.807, 2.05) is 35.0 Å². The molecule has 0 radical (unpaired) electrons. The molecule has 0 aliphatic heterocycles. The van der Waals surface area contributed by atoms with E-state index in [0.29, 0.717) is 10.8 Å². The van der Waals surface area contributed by atoms with Crippen molar-refractivity contribution in [3.63, 3.8) is 0 Å². The van der Waals surface area contributed by atoms with Gasteiger partial charge in [-0.1, -0.05) is 17.4 Å². The van der Waals surface area contributed by atoms with Crippen LogP contribution in [0.25, 0.3) is 20.1 Å². The summed E-state index contributed by atoms with van der Waals surface area (Å²) < 4.78 is 0.894. The van der Waals surface area contributed by atoms with Crippen molar-refractivity contribution in [1.82, 2.24) is 9.97 Å². The zero-order valence-corrected chi connectivity index (χ0v) is 16.6. The van der Waals surface area contributed by atoms with Gasteiger partial charge in [0.25, 0.3) is 0 Å². The first-order valence-corrected chi connectivity index (χ1v) is 10.6. The van der Waals surface area contributed by atoms with E-state index in [0.717, 1.165) is 25.8 Å². The van der Waals surface area contributed by atoms with E-state index in [2.05, 4.69) is 20.6 Å². The van der Waals surface area contributed by atoms with Crippen LogP contribution in [-0.4, -0.2) is 21.8 Å². The average molecular weight is 415 g/mol. The fraction of sp³-hybridized carbons (Fsp3) is 0.111. The van der Waals surface area contributed by atoms with E-state index >= 15 is 0 Å². The molecule has 0 aliphatic rings. The molecule has 0 saturated carbocycles. The summed E-state index contributed by atoms with van der Waals surface area (Å²) in [5.74, 6) is -0.281. The fourth-order valence-corrected chi connectivity index (χ4v) is 5.06. The predicted octanol–water partition coefficient (Wildman–Crippen LogP) is 4.62. The second kappa shape index (κ2) is 7.55. The molecule has 0 spiro atoms. The Labute approximate surface area is 166 Å². The molecule has 27 heavy (non-hydrogen) atoms. The first-order valence-electron chi connectivity index (χ1n) is 8.03. The zero-order chi connectivity index (χ0) is 18.8. The van der Waals surface area contributed by atoms with Crippen molar-refractivity contribution in [1.29, 1.82) is 0 Å².